The summed E-state index contributed by atoms with van der Waals surface area (Å²) < 4.78 is 5.39. The van der Waals surface area contributed by atoms with Crippen molar-refractivity contribution in [2.45, 2.75) is 25.7 Å². The third-order valence-electron chi connectivity index (χ3n) is 7.35. The van der Waals surface area contributed by atoms with Crippen LogP contribution in [0.15, 0.2) is 96.9 Å². The third kappa shape index (κ3) is 4.25. The van der Waals surface area contributed by atoms with E-state index in [-0.39, 0.29) is 17.6 Å². The van der Waals surface area contributed by atoms with E-state index in [0.717, 1.165) is 17.3 Å². The molecule has 3 aromatic rings. The van der Waals surface area contributed by atoms with Crippen LogP contribution < -0.4 is 20.5 Å². The fourth-order valence-electron chi connectivity index (χ4n) is 5.70. The molecule has 1 N–H and O–H groups in total. The van der Waals surface area contributed by atoms with Crippen LogP contribution in [0, 0.1) is 5.92 Å². The molecule has 0 spiro atoms. The minimum absolute atomic E-state index is 0.0121. The molecule has 0 radical (unpaired) electrons. The number of allylic oxidation sites excluding steroid dienone is 5. The van der Waals surface area contributed by atoms with Crippen molar-refractivity contribution in [1.29, 1.82) is 0 Å². The van der Waals surface area contributed by atoms with Gasteiger partial charge >= 0.3 is 5.97 Å². The summed E-state index contributed by atoms with van der Waals surface area (Å²) in [6, 6.07) is 20.0. The number of carbonyl (C=O) groups excluding carboxylic acids is 2. The van der Waals surface area contributed by atoms with Gasteiger partial charge in [-0.3, -0.25) is 9.59 Å². The van der Waals surface area contributed by atoms with Crippen LogP contribution in [0.25, 0.3) is 23.3 Å². The molecule has 2 atom stereocenters. The fourth-order valence-corrected chi connectivity index (χ4v) is 5.70. The Kier molecular flexibility index (Phi) is 5.93. The van der Waals surface area contributed by atoms with Gasteiger partial charge in [0.15, 0.2) is 5.78 Å². The first-order chi connectivity index (χ1) is 18.1. The molecule has 2 unspecified atom stereocenters. The van der Waals surface area contributed by atoms with Crippen LogP contribution in [0.2, 0.25) is 0 Å². The van der Waals surface area contributed by atoms with Gasteiger partial charge in [-0.2, -0.15) is 0 Å². The molecule has 0 bridgehead atoms. The van der Waals surface area contributed by atoms with Gasteiger partial charge in [0.25, 0.3) is 0 Å². The topological polar surface area (TPSA) is 55.4 Å². The number of para-hydroxylation sites is 1. The summed E-state index contributed by atoms with van der Waals surface area (Å²) >= 11 is 0. The average molecular weight is 486 g/mol. The van der Waals surface area contributed by atoms with Crippen LogP contribution in [0.1, 0.15) is 40.7 Å². The summed E-state index contributed by atoms with van der Waals surface area (Å²) in [6.07, 6.45) is 15.9. The summed E-state index contributed by atoms with van der Waals surface area (Å²) in [5, 5.41) is 5.74. The Morgan fingerprint density at radius 1 is 0.892 bits per heavy atom. The van der Waals surface area contributed by atoms with Crippen LogP contribution in [0.5, 0.6) is 5.75 Å². The Hall–Kier alpha value is -4.44. The molecule has 4 nitrogen and oxygen atoms in total. The first-order valence-electron chi connectivity index (χ1n) is 12.6. The molecule has 182 valence electrons. The number of hydrogen-bond donors (Lipinski definition) is 1. The standard InChI is InChI=1S/C33H27NO3/c1-21(35)37-32-13-7-6-11-28(32)33(36)23-19-29-26-15-14-22-9-4-5-10-24(22)25(26)16-17-27(29)30(20-23)31-12-3-2-8-18-34-31/h2-13,15-19,23,30,34H,14,20H2,1H3. The van der Waals surface area contributed by atoms with Crippen molar-refractivity contribution < 1.29 is 14.3 Å². The maximum Gasteiger partial charge on any atom is 0.308 e. The number of carbonyl (C=O) groups is 2. The van der Waals surface area contributed by atoms with E-state index in [9.17, 15) is 9.59 Å². The van der Waals surface area contributed by atoms with Gasteiger partial charge in [0.2, 0.25) is 0 Å². The number of nitrogens with one attached hydrogen (secondary N) is 1. The maximum absolute atomic E-state index is 14.0. The quantitative estimate of drug-likeness (QED) is 0.323. The Labute approximate surface area is 216 Å². The molecule has 0 aromatic heterocycles. The zero-order valence-electron chi connectivity index (χ0n) is 20.6. The number of Topliss-reactive ketones (excluding diaryl/α,β-unsaturated/α-hetero) is 1. The molecule has 3 aromatic carbocycles. The number of hydrogen-bond acceptors (Lipinski definition) is 4. The smallest absolute Gasteiger partial charge is 0.308 e. The highest BCUT2D eigenvalue weighted by atomic mass is 16.5. The highest BCUT2D eigenvalue weighted by Gasteiger charge is 2.32. The highest BCUT2D eigenvalue weighted by Crippen LogP contribution is 2.36. The molecule has 3 aliphatic rings. The van der Waals surface area contributed by atoms with Gasteiger partial charge in [0.05, 0.1) is 5.56 Å². The van der Waals surface area contributed by atoms with Crippen molar-refractivity contribution in [3.05, 3.63) is 124 Å². The summed E-state index contributed by atoms with van der Waals surface area (Å²) in [5.74, 6) is -0.529. The minimum atomic E-state index is -0.440. The maximum atomic E-state index is 14.0. The van der Waals surface area contributed by atoms with Crippen molar-refractivity contribution >= 4 is 23.9 Å². The van der Waals surface area contributed by atoms with E-state index in [1.54, 1.807) is 18.2 Å². The number of esters is 1. The highest BCUT2D eigenvalue weighted by molar-refractivity contribution is 6.04. The van der Waals surface area contributed by atoms with E-state index in [1.807, 2.05) is 30.5 Å². The molecular formula is C33H27NO3. The molecule has 1 aliphatic heterocycles. The Balaban J connectivity index is 1.53. The molecule has 0 fully saturated rings. The summed E-state index contributed by atoms with van der Waals surface area (Å²) in [4.78, 5) is 25.7. The lowest BCUT2D eigenvalue weighted by atomic mass is 9.75. The van der Waals surface area contributed by atoms with Gasteiger partial charge in [-0.15, -0.1) is 0 Å². The van der Waals surface area contributed by atoms with Gasteiger partial charge in [-0.05, 0) is 69.8 Å². The van der Waals surface area contributed by atoms with E-state index >= 15 is 0 Å². The zero-order valence-corrected chi connectivity index (χ0v) is 20.6. The summed E-state index contributed by atoms with van der Waals surface area (Å²) in [7, 11) is 0. The normalized spacial score (nSPS) is 19.0. The molecule has 6 rings (SSSR count). The fraction of sp³-hybridized carbons (Fsp3) is 0.152. The summed E-state index contributed by atoms with van der Waals surface area (Å²) in [5.41, 5.74) is 6.47. The monoisotopic (exact) mass is 485 g/mol. The van der Waals surface area contributed by atoms with Crippen molar-refractivity contribution in [3.63, 3.8) is 0 Å². The van der Waals surface area contributed by atoms with E-state index < -0.39 is 5.97 Å². The lowest BCUT2D eigenvalue weighted by Crippen LogP contribution is -2.40. The molecule has 1 heterocycles. The minimum Gasteiger partial charge on any atom is -0.426 e. The van der Waals surface area contributed by atoms with Crippen LogP contribution in [-0.4, -0.2) is 11.8 Å². The largest absolute Gasteiger partial charge is 0.426 e. The number of rotatable bonds is 4. The van der Waals surface area contributed by atoms with Crippen molar-refractivity contribution in [2.75, 3.05) is 0 Å². The zero-order chi connectivity index (χ0) is 25.4. The molecule has 0 saturated heterocycles. The predicted molar refractivity (Wildman–Crippen MR) is 146 cm³/mol. The molecule has 37 heavy (non-hydrogen) atoms. The van der Waals surface area contributed by atoms with E-state index in [4.69, 9.17) is 4.74 Å². The predicted octanol–water partition coefficient (Wildman–Crippen LogP) is 4.94. The second-order valence-electron chi connectivity index (χ2n) is 9.62. The first kappa shape index (κ1) is 23.0. The molecule has 4 heteroatoms. The molecular weight excluding hydrogens is 458 g/mol. The van der Waals surface area contributed by atoms with Crippen LogP contribution >= 0.6 is 0 Å². The van der Waals surface area contributed by atoms with E-state index in [2.05, 4.69) is 59.9 Å². The average Bonchev–Trinajstić information content (AvgIpc) is 3.21. The first-order valence-corrected chi connectivity index (χ1v) is 12.6. The number of fused-ring (bicyclic) bond motifs is 5. The van der Waals surface area contributed by atoms with Crippen molar-refractivity contribution in [3.8, 4) is 16.9 Å². The SMILES string of the molecule is CC(=O)Oc1ccccc1C(=O)C1C=c2c(ccc3c2=CCc2ccccc2-3)C(C2=CC=CC=CN2)C1. The Bertz CT molecular complexity index is 1640. The summed E-state index contributed by atoms with van der Waals surface area (Å²) in [6.45, 7) is 1.35. The van der Waals surface area contributed by atoms with Gasteiger partial charge in [-0.1, -0.05) is 72.8 Å². The second kappa shape index (κ2) is 9.55. The van der Waals surface area contributed by atoms with Crippen LogP contribution in [0.3, 0.4) is 0 Å². The van der Waals surface area contributed by atoms with Crippen molar-refractivity contribution in [1.82, 2.24) is 5.32 Å². The third-order valence-corrected chi connectivity index (χ3v) is 7.35. The van der Waals surface area contributed by atoms with Crippen LogP contribution in [0.4, 0.5) is 0 Å². The Morgan fingerprint density at radius 2 is 1.73 bits per heavy atom. The Morgan fingerprint density at radius 3 is 2.62 bits per heavy atom. The lowest BCUT2D eigenvalue weighted by molar-refractivity contribution is -0.131. The number of ketones is 1. The molecule has 0 saturated carbocycles. The van der Waals surface area contributed by atoms with Gasteiger partial charge in [0, 0.05) is 30.7 Å². The lowest BCUT2D eigenvalue weighted by Gasteiger charge is -2.30. The van der Waals surface area contributed by atoms with Gasteiger partial charge in [0.1, 0.15) is 5.75 Å². The van der Waals surface area contributed by atoms with Gasteiger partial charge in [-0.25, -0.2) is 0 Å². The van der Waals surface area contributed by atoms with E-state index in [0.29, 0.717) is 17.7 Å². The second-order valence-corrected chi connectivity index (χ2v) is 9.62. The molecule has 0 amide bonds. The molecule has 2 aliphatic carbocycles. The number of ether oxygens (including phenoxy) is 1. The van der Waals surface area contributed by atoms with Crippen LogP contribution in [-0.2, 0) is 11.2 Å². The van der Waals surface area contributed by atoms with E-state index in [1.165, 1.54) is 34.4 Å². The van der Waals surface area contributed by atoms with Gasteiger partial charge < -0.3 is 10.1 Å². The van der Waals surface area contributed by atoms with Crippen molar-refractivity contribution in [2.24, 2.45) is 5.92 Å². The number of benzene rings is 3.